The largest absolute Gasteiger partial charge is 0.480 e. The van der Waals surface area contributed by atoms with Crippen molar-refractivity contribution in [3.05, 3.63) is 59.7 Å². The summed E-state index contributed by atoms with van der Waals surface area (Å²) >= 11 is 0. The van der Waals surface area contributed by atoms with Gasteiger partial charge in [0.1, 0.15) is 12.1 Å². The van der Waals surface area contributed by atoms with Crippen LogP contribution in [0.3, 0.4) is 0 Å². The van der Waals surface area contributed by atoms with Crippen molar-refractivity contribution in [3.63, 3.8) is 0 Å². The van der Waals surface area contributed by atoms with Crippen LogP contribution >= 0.6 is 0 Å². The number of fused-ring (bicyclic) bond motifs is 3. The second-order valence-corrected chi connectivity index (χ2v) is 8.62. The zero-order chi connectivity index (χ0) is 22.7. The summed E-state index contributed by atoms with van der Waals surface area (Å²) in [5, 5.41) is 14.6. The molecule has 7 heteroatoms. The van der Waals surface area contributed by atoms with Crippen molar-refractivity contribution in [2.75, 3.05) is 13.2 Å². The number of carbonyl (C=O) groups is 3. The predicted octanol–water partition coefficient (Wildman–Crippen LogP) is 3.67. The Morgan fingerprint density at radius 2 is 1.66 bits per heavy atom. The number of carboxylic acids is 1. The van der Waals surface area contributed by atoms with Crippen LogP contribution in [0.5, 0.6) is 0 Å². The van der Waals surface area contributed by atoms with E-state index in [1.54, 1.807) is 0 Å². The fraction of sp³-hybridized carbons (Fsp3) is 0.400. The molecule has 0 heterocycles. The SMILES string of the molecule is CCC(CNC(=O)OCC1c2ccccc2-c2ccccc21)CC(=O)NC1(C(=O)O)CC1. The second kappa shape index (κ2) is 9.02. The number of carboxylic acid groups (broad SMARTS) is 1. The number of amides is 2. The Kier molecular flexibility index (Phi) is 6.17. The summed E-state index contributed by atoms with van der Waals surface area (Å²) < 4.78 is 5.53. The Balaban J connectivity index is 1.28. The molecular formula is C25H28N2O5. The van der Waals surface area contributed by atoms with E-state index in [0.29, 0.717) is 25.8 Å². The molecule has 0 spiro atoms. The van der Waals surface area contributed by atoms with E-state index in [1.807, 2.05) is 31.2 Å². The highest BCUT2D eigenvalue weighted by Gasteiger charge is 2.51. The van der Waals surface area contributed by atoms with Crippen LogP contribution in [0.4, 0.5) is 4.79 Å². The van der Waals surface area contributed by atoms with Crippen molar-refractivity contribution in [2.24, 2.45) is 5.92 Å². The number of carbonyl (C=O) groups excluding carboxylic acids is 2. The maximum Gasteiger partial charge on any atom is 0.407 e. The van der Waals surface area contributed by atoms with E-state index in [2.05, 4.69) is 34.9 Å². The minimum absolute atomic E-state index is 0.00773. The van der Waals surface area contributed by atoms with Crippen LogP contribution in [0.1, 0.15) is 49.7 Å². The third-order valence-electron chi connectivity index (χ3n) is 6.47. The number of aliphatic carboxylic acids is 1. The highest BCUT2D eigenvalue weighted by molar-refractivity contribution is 5.89. The van der Waals surface area contributed by atoms with Crippen LogP contribution < -0.4 is 10.6 Å². The molecule has 1 unspecified atom stereocenters. The van der Waals surface area contributed by atoms with Gasteiger partial charge in [0.15, 0.2) is 0 Å². The van der Waals surface area contributed by atoms with Gasteiger partial charge >= 0.3 is 12.1 Å². The summed E-state index contributed by atoms with van der Waals surface area (Å²) in [5.41, 5.74) is 3.55. The monoisotopic (exact) mass is 436 g/mol. The molecule has 0 aromatic heterocycles. The maximum atomic E-state index is 12.3. The molecule has 4 rings (SSSR count). The van der Waals surface area contributed by atoms with Gasteiger partial charge in [0.2, 0.25) is 5.91 Å². The number of nitrogens with one attached hydrogen (secondary N) is 2. The van der Waals surface area contributed by atoms with E-state index >= 15 is 0 Å². The summed E-state index contributed by atoms with van der Waals surface area (Å²) in [5.74, 6) is -1.39. The maximum absolute atomic E-state index is 12.3. The van der Waals surface area contributed by atoms with Crippen LogP contribution in [0.15, 0.2) is 48.5 Å². The van der Waals surface area contributed by atoms with Gasteiger partial charge in [0.25, 0.3) is 0 Å². The zero-order valence-corrected chi connectivity index (χ0v) is 18.1. The Labute approximate surface area is 187 Å². The van der Waals surface area contributed by atoms with Gasteiger partial charge in [-0.1, -0.05) is 61.9 Å². The number of hydrogen-bond acceptors (Lipinski definition) is 4. The molecule has 2 aromatic carbocycles. The predicted molar refractivity (Wildman–Crippen MR) is 119 cm³/mol. The third kappa shape index (κ3) is 4.47. The van der Waals surface area contributed by atoms with Crippen LogP contribution in [0.2, 0.25) is 0 Å². The first kappa shape index (κ1) is 21.9. The van der Waals surface area contributed by atoms with Crippen LogP contribution in [0, 0.1) is 5.92 Å². The van der Waals surface area contributed by atoms with Crippen molar-refractivity contribution in [2.45, 2.75) is 44.1 Å². The molecule has 0 bridgehead atoms. The molecule has 1 saturated carbocycles. The molecule has 3 N–H and O–H groups in total. The molecule has 2 aliphatic carbocycles. The lowest BCUT2D eigenvalue weighted by Gasteiger charge is -2.19. The minimum atomic E-state index is -1.09. The Bertz CT molecular complexity index is 985. The second-order valence-electron chi connectivity index (χ2n) is 8.62. The van der Waals surface area contributed by atoms with Gasteiger partial charge < -0.3 is 20.5 Å². The van der Waals surface area contributed by atoms with E-state index in [1.165, 1.54) is 11.1 Å². The molecule has 1 fully saturated rings. The first-order valence-corrected chi connectivity index (χ1v) is 11.1. The molecule has 1 atom stereocenters. The van der Waals surface area contributed by atoms with Crippen molar-refractivity contribution in [1.82, 2.24) is 10.6 Å². The lowest BCUT2D eigenvalue weighted by Crippen LogP contribution is -2.44. The fourth-order valence-electron chi connectivity index (χ4n) is 4.34. The van der Waals surface area contributed by atoms with Crippen molar-refractivity contribution in [3.8, 4) is 11.1 Å². The lowest BCUT2D eigenvalue weighted by molar-refractivity contribution is -0.143. The van der Waals surface area contributed by atoms with Gasteiger partial charge in [-0.25, -0.2) is 9.59 Å². The smallest absolute Gasteiger partial charge is 0.407 e. The average molecular weight is 437 g/mol. The highest BCUT2D eigenvalue weighted by atomic mass is 16.5. The van der Waals surface area contributed by atoms with Gasteiger partial charge in [-0.05, 0) is 41.0 Å². The first-order chi connectivity index (χ1) is 15.4. The molecule has 2 aromatic rings. The summed E-state index contributed by atoms with van der Waals surface area (Å²) in [6.45, 7) is 2.46. The molecule has 7 nitrogen and oxygen atoms in total. The van der Waals surface area contributed by atoms with Gasteiger partial charge in [-0.2, -0.15) is 0 Å². The molecule has 168 valence electrons. The van der Waals surface area contributed by atoms with Crippen molar-refractivity contribution < 1.29 is 24.2 Å². The summed E-state index contributed by atoms with van der Waals surface area (Å²) in [4.78, 5) is 35.8. The molecule has 2 aliphatic rings. The van der Waals surface area contributed by atoms with E-state index in [-0.39, 0.29) is 30.8 Å². The van der Waals surface area contributed by atoms with Crippen molar-refractivity contribution in [1.29, 1.82) is 0 Å². The molecule has 32 heavy (non-hydrogen) atoms. The Morgan fingerprint density at radius 1 is 1.06 bits per heavy atom. The van der Waals surface area contributed by atoms with E-state index in [9.17, 15) is 19.5 Å². The number of benzene rings is 2. The molecule has 0 aliphatic heterocycles. The normalized spacial score (nSPS) is 16.4. The summed E-state index contributed by atoms with van der Waals surface area (Å²) in [6, 6.07) is 16.3. The number of hydrogen-bond donors (Lipinski definition) is 3. The van der Waals surface area contributed by atoms with Crippen LogP contribution in [-0.2, 0) is 14.3 Å². The van der Waals surface area contributed by atoms with Crippen molar-refractivity contribution >= 4 is 18.0 Å². The van der Waals surface area contributed by atoms with Gasteiger partial charge in [0.05, 0.1) is 0 Å². The number of alkyl carbamates (subject to hydrolysis) is 1. The van der Waals surface area contributed by atoms with E-state index in [4.69, 9.17) is 4.74 Å². The molecule has 0 radical (unpaired) electrons. The quantitative estimate of drug-likeness (QED) is 0.556. The topological polar surface area (TPSA) is 105 Å². The molecule has 0 saturated heterocycles. The van der Waals surface area contributed by atoms with Gasteiger partial charge in [-0.15, -0.1) is 0 Å². The lowest BCUT2D eigenvalue weighted by atomic mass is 9.98. The van der Waals surface area contributed by atoms with E-state index in [0.717, 1.165) is 11.1 Å². The fourth-order valence-corrected chi connectivity index (χ4v) is 4.34. The third-order valence-corrected chi connectivity index (χ3v) is 6.47. The Hall–Kier alpha value is -3.35. The Morgan fingerprint density at radius 3 is 2.19 bits per heavy atom. The number of rotatable bonds is 9. The van der Waals surface area contributed by atoms with Crippen LogP contribution in [0.25, 0.3) is 11.1 Å². The van der Waals surface area contributed by atoms with Gasteiger partial charge in [0, 0.05) is 18.9 Å². The van der Waals surface area contributed by atoms with Crippen LogP contribution in [-0.4, -0.2) is 41.8 Å². The molecule has 2 amide bonds. The highest BCUT2D eigenvalue weighted by Crippen LogP contribution is 2.44. The summed E-state index contributed by atoms with van der Waals surface area (Å²) in [6.07, 6.45) is 1.24. The average Bonchev–Trinajstić information content (AvgIpc) is 3.51. The number of ether oxygens (including phenoxy) is 1. The first-order valence-electron chi connectivity index (χ1n) is 11.1. The standard InChI is InChI=1S/C25H28N2O5/c1-2-16(13-22(28)27-25(11-12-25)23(29)30)14-26-24(31)32-15-21-19-9-5-3-7-17(19)18-8-4-6-10-20(18)21/h3-10,16,21H,2,11-15H2,1H3,(H,26,31)(H,27,28)(H,29,30). The van der Waals surface area contributed by atoms with E-state index < -0.39 is 17.6 Å². The van der Waals surface area contributed by atoms with Gasteiger partial charge in [-0.3, -0.25) is 4.79 Å². The summed E-state index contributed by atoms with van der Waals surface area (Å²) in [7, 11) is 0. The molecular weight excluding hydrogens is 408 g/mol. The minimum Gasteiger partial charge on any atom is -0.480 e. The zero-order valence-electron chi connectivity index (χ0n) is 18.1.